The second-order valence-electron chi connectivity index (χ2n) is 10.9. The zero-order chi connectivity index (χ0) is 26.6. The maximum absolute atomic E-state index is 13.9. The number of rotatable bonds is 3. The Balaban J connectivity index is 1.71. The van der Waals surface area contributed by atoms with Gasteiger partial charge >= 0.3 is 0 Å². The molecule has 3 aromatic carbocycles. The van der Waals surface area contributed by atoms with Crippen LogP contribution in [0.5, 0.6) is 0 Å². The third kappa shape index (κ3) is 3.88. The molecule has 6 heteroatoms. The van der Waals surface area contributed by atoms with E-state index >= 15 is 0 Å². The van der Waals surface area contributed by atoms with E-state index in [4.69, 9.17) is 0 Å². The minimum atomic E-state index is -1.21. The van der Waals surface area contributed by atoms with Crippen LogP contribution in [0.3, 0.4) is 0 Å². The predicted molar refractivity (Wildman–Crippen MR) is 143 cm³/mol. The summed E-state index contributed by atoms with van der Waals surface area (Å²) < 4.78 is 0. The zero-order valence-electron chi connectivity index (χ0n) is 21.7. The summed E-state index contributed by atoms with van der Waals surface area (Å²) in [6.07, 6.45) is 0. The number of para-hydroxylation sites is 2. The Labute approximate surface area is 216 Å². The van der Waals surface area contributed by atoms with E-state index in [-0.39, 0.29) is 17.0 Å². The highest BCUT2D eigenvalue weighted by Gasteiger charge is 2.52. The molecule has 0 N–H and O–H groups in total. The van der Waals surface area contributed by atoms with Crippen LogP contribution in [0.1, 0.15) is 58.5 Å². The number of ketones is 2. The summed E-state index contributed by atoms with van der Waals surface area (Å²) in [4.78, 5) is 58.3. The van der Waals surface area contributed by atoms with Crippen LogP contribution in [-0.2, 0) is 15.0 Å². The van der Waals surface area contributed by atoms with Crippen molar-refractivity contribution in [2.45, 2.75) is 32.1 Å². The third-order valence-corrected chi connectivity index (χ3v) is 7.70. The Hall–Kier alpha value is -4.06. The van der Waals surface area contributed by atoms with Gasteiger partial charge in [0, 0.05) is 31.1 Å². The fourth-order valence-electron chi connectivity index (χ4n) is 5.58. The SMILES string of the molecule is CN1C(=O)[C@H](C(c2ccc(C(C)(C)C)cc2)[C@@H]2C(=O)c3ccccc3N(C)C2=O)C(=O)c2ccccc21. The molecule has 0 aromatic heterocycles. The van der Waals surface area contributed by atoms with Gasteiger partial charge in [0.1, 0.15) is 11.8 Å². The molecule has 2 heterocycles. The molecule has 2 atom stereocenters. The Morgan fingerprint density at radius 3 is 1.43 bits per heavy atom. The van der Waals surface area contributed by atoms with Gasteiger partial charge in [0.25, 0.3) is 0 Å². The van der Waals surface area contributed by atoms with Crippen molar-refractivity contribution in [3.63, 3.8) is 0 Å². The van der Waals surface area contributed by atoms with Crippen molar-refractivity contribution >= 4 is 34.8 Å². The van der Waals surface area contributed by atoms with Crippen molar-refractivity contribution in [3.8, 4) is 0 Å². The van der Waals surface area contributed by atoms with E-state index in [1.54, 1.807) is 62.6 Å². The maximum atomic E-state index is 13.9. The second kappa shape index (κ2) is 8.80. The van der Waals surface area contributed by atoms with Gasteiger partial charge in [0.2, 0.25) is 11.8 Å². The van der Waals surface area contributed by atoms with Crippen LogP contribution in [0.15, 0.2) is 72.8 Å². The number of Topliss-reactive ketones (excluding diaryl/α,β-unsaturated/α-hetero) is 2. The van der Waals surface area contributed by atoms with Gasteiger partial charge in [-0.2, -0.15) is 0 Å². The average molecular weight is 495 g/mol. The molecule has 0 aliphatic carbocycles. The highest BCUT2D eigenvalue weighted by molar-refractivity contribution is 6.25. The van der Waals surface area contributed by atoms with E-state index in [1.807, 2.05) is 24.3 Å². The van der Waals surface area contributed by atoms with E-state index in [2.05, 4.69) is 20.8 Å². The van der Waals surface area contributed by atoms with Gasteiger partial charge in [-0.05, 0) is 40.8 Å². The lowest BCUT2D eigenvalue weighted by Gasteiger charge is -2.40. The molecule has 0 saturated heterocycles. The summed E-state index contributed by atoms with van der Waals surface area (Å²) in [5.41, 5.74) is 3.46. The van der Waals surface area contributed by atoms with E-state index in [0.717, 1.165) is 5.56 Å². The lowest BCUT2D eigenvalue weighted by Crippen LogP contribution is -2.52. The van der Waals surface area contributed by atoms with Crippen molar-refractivity contribution in [2.75, 3.05) is 23.9 Å². The van der Waals surface area contributed by atoms with Crippen LogP contribution in [0.2, 0.25) is 0 Å². The Kier molecular flexibility index (Phi) is 5.86. The largest absolute Gasteiger partial charge is 0.314 e. The van der Waals surface area contributed by atoms with Crippen LogP contribution in [0, 0.1) is 11.8 Å². The number of nitrogens with zero attached hydrogens (tertiary/aromatic N) is 2. The first-order chi connectivity index (χ1) is 17.5. The minimum Gasteiger partial charge on any atom is -0.314 e. The first kappa shape index (κ1) is 24.6. The van der Waals surface area contributed by atoms with E-state index < -0.39 is 29.6 Å². The van der Waals surface area contributed by atoms with Gasteiger partial charge in [-0.25, -0.2) is 0 Å². The highest BCUT2D eigenvalue weighted by atomic mass is 16.2. The zero-order valence-corrected chi connectivity index (χ0v) is 21.7. The maximum Gasteiger partial charge on any atom is 0.238 e. The molecule has 0 fully saturated rings. The molecule has 2 amide bonds. The quantitative estimate of drug-likeness (QED) is 0.479. The van der Waals surface area contributed by atoms with Crippen LogP contribution in [0.4, 0.5) is 11.4 Å². The van der Waals surface area contributed by atoms with Gasteiger partial charge in [-0.1, -0.05) is 69.3 Å². The number of hydrogen-bond acceptors (Lipinski definition) is 4. The number of anilines is 2. The molecule has 188 valence electrons. The first-order valence-electron chi connectivity index (χ1n) is 12.4. The molecule has 3 aromatic rings. The molecule has 37 heavy (non-hydrogen) atoms. The molecule has 0 bridgehead atoms. The lowest BCUT2D eigenvalue weighted by atomic mass is 9.68. The molecule has 2 aliphatic heterocycles. The van der Waals surface area contributed by atoms with Crippen LogP contribution < -0.4 is 9.80 Å². The number of carbonyl (C=O) groups is 4. The van der Waals surface area contributed by atoms with E-state index in [0.29, 0.717) is 28.1 Å². The molecular formula is C31H30N2O4. The lowest BCUT2D eigenvalue weighted by molar-refractivity contribution is -0.124. The number of amides is 2. The van der Waals surface area contributed by atoms with Gasteiger partial charge in [-0.3, -0.25) is 19.2 Å². The molecule has 0 radical (unpaired) electrons. The minimum absolute atomic E-state index is 0.112. The van der Waals surface area contributed by atoms with Crippen molar-refractivity contribution in [3.05, 3.63) is 95.1 Å². The summed E-state index contributed by atoms with van der Waals surface area (Å²) in [5, 5.41) is 0. The number of benzene rings is 3. The predicted octanol–water partition coefficient (Wildman–Crippen LogP) is 5.02. The molecule has 0 saturated carbocycles. The molecule has 2 aliphatic rings. The van der Waals surface area contributed by atoms with Crippen molar-refractivity contribution in [2.24, 2.45) is 11.8 Å². The summed E-state index contributed by atoms with van der Waals surface area (Å²) in [6, 6.07) is 21.5. The van der Waals surface area contributed by atoms with E-state index in [1.165, 1.54) is 9.80 Å². The van der Waals surface area contributed by atoms with Crippen molar-refractivity contribution in [1.29, 1.82) is 0 Å². The summed E-state index contributed by atoms with van der Waals surface area (Å²) in [7, 11) is 3.26. The fraction of sp³-hybridized carbons (Fsp3) is 0.290. The average Bonchev–Trinajstić information content (AvgIpc) is 2.89. The normalized spacial score (nSPS) is 19.8. The second-order valence-corrected chi connectivity index (χ2v) is 10.9. The van der Waals surface area contributed by atoms with E-state index in [9.17, 15) is 19.2 Å². The monoisotopic (exact) mass is 494 g/mol. The van der Waals surface area contributed by atoms with Crippen molar-refractivity contribution in [1.82, 2.24) is 0 Å². The molecule has 0 unspecified atom stereocenters. The van der Waals surface area contributed by atoms with Gasteiger partial charge < -0.3 is 9.80 Å². The molecule has 0 spiro atoms. The standard InChI is InChI=1S/C31H30N2O4/c1-31(2,3)19-16-14-18(15-17-19)24(25-27(34)20-10-6-8-12-22(20)32(4)29(25)36)26-28(35)21-11-7-9-13-23(21)33(5)30(26)37/h6-17,24-26H,1-5H3/t25-,26-/m1/s1. The van der Waals surface area contributed by atoms with Crippen LogP contribution >= 0.6 is 0 Å². The Morgan fingerprint density at radius 2 is 1.03 bits per heavy atom. The van der Waals surface area contributed by atoms with Crippen LogP contribution in [0.25, 0.3) is 0 Å². The molecular weight excluding hydrogens is 464 g/mol. The summed E-state index contributed by atoms with van der Waals surface area (Å²) in [6.45, 7) is 6.29. The third-order valence-electron chi connectivity index (χ3n) is 7.70. The fourth-order valence-corrected chi connectivity index (χ4v) is 5.58. The molecule has 6 nitrogen and oxygen atoms in total. The van der Waals surface area contributed by atoms with Crippen LogP contribution in [-0.4, -0.2) is 37.5 Å². The Bertz CT molecular complexity index is 1350. The van der Waals surface area contributed by atoms with Gasteiger partial charge in [0.15, 0.2) is 11.6 Å². The number of hydrogen-bond donors (Lipinski definition) is 0. The number of fused-ring (bicyclic) bond motifs is 2. The summed E-state index contributed by atoms with van der Waals surface area (Å²) >= 11 is 0. The molecule has 5 rings (SSSR count). The Morgan fingerprint density at radius 1 is 0.622 bits per heavy atom. The smallest absolute Gasteiger partial charge is 0.238 e. The van der Waals surface area contributed by atoms with Gasteiger partial charge in [-0.15, -0.1) is 0 Å². The number of carbonyl (C=O) groups excluding carboxylic acids is 4. The highest BCUT2D eigenvalue weighted by Crippen LogP contribution is 2.45. The first-order valence-corrected chi connectivity index (χ1v) is 12.4. The summed E-state index contributed by atoms with van der Waals surface area (Å²) in [5.74, 6) is -4.96. The topological polar surface area (TPSA) is 74.8 Å². The van der Waals surface area contributed by atoms with Gasteiger partial charge in [0.05, 0.1) is 11.4 Å². The van der Waals surface area contributed by atoms with Crippen molar-refractivity contribution < 1.29 is 19.2 Å².